The van der Waals surface area contributed by atoms with E-state index >= 15 is 0 Å². The summed E-state index contributed by atoms with van der Waals surface area (Å²) in [6, 6.07) is 0. The molecule has 3 saturated heterocycles. The molecule has 5 nitrogen and oxygen atoms in total. The zero-order valence-electron chi connectivity index (χ0n) is 14.0. The second kappa shape index (κ2) is 8.60. The third kappa shape index (κ3) is 5.17. The fourth-order valence-corrected chi connectivity index (χ4v) is 4.17. The Labute approximate surface area is 135 Å². The van der Waals surface area contributed by atoms with E-state index in [9.17, 15) is 5.11 Å². The highest BCUT2D eigenvalue weighted by Crippen LogP contribution is 2.20. The molecule has 3 aliphatic heterocycles. The lowest BCUT2D eigenvalue weighted by molar-refractivity contribution is 0.00822. The molecule has 0 aromatic carbocycles. The molecule has 0 aliphatic carbocycles. The lowest BCUT2D eigenvalue weighted by Gasteiger charge is -2.30. The summed E-state index contributed by atoms with van der Waals surface area (Å²) in [6.45, 7) is 11.4. The van der Waals surface area contributed by atoms with Crippen LogP contribution < -0.4 is 0 Å². The molecule has 0 aromatic heterocycles. The number of hydrogen-bond donors (Lipinski definition) is 1. The van der Waals surface area contributed by atoms with Gasteiger partial charge in [-0.2, -0.15) is 0 Å². The van der Waals surface area contributed by atoms with Gasteiger partial charge in [0.1, 0.15) is 0 Å². The van der Waals surface area contributed by atoms with Crippen molar-refractivity contribution in [2.24, 2.45) is 5.92 Å². The summed E-state index contributed by atoms with van der Waals surface area (Å²) in [5, 5.41) is 10.3. The molecule has 3 fully saturated rings. The smallest absolute Gasteiger partial charge is 0.0793 e. The first-order valence-electron chi connectivity index (χ1n) is 9.22. The number of aliphatic hydroxyl groups is 1. The van der Waals surface area contributed by atoms with Gasteiger partial charge in [0.05, 0.1) is 19.3 Å². The van der Waals surface area contributed by atoms with Crippen molar-refractivity contribution in [2.45, 2.75) is 31.8 Å². The van der Waals surface area contributed by atoms with Gasteiger partial charge in [-0.05, 0) is 44.8 Å². The molecule has 1 N–H and O–H groups in total. The molecule has 22 heavy (non-hydrogen) atoms. The third-order valence-corrected chi connectivity index (χ3v) is 5.38. The van der Waals surface area contributed by atoms with Crippen LogP contribution in [0.15, 0.2) is 0 Å². The maximum Gasteiger partial charge on any atom is 0.0793 e. The van der Waals surface area contributed by atoms with E-state index in [1.165, 1.54) is 58.4 Å². The Hall–Kier alpha value is -0.200. The lowest BCUT2D eigenvalue weighted by Crippen LogP contribution is -2.44. The van der Waals surface area contributed by atoms with Gasteiger partial charge in [0.2, 0.25) is 0 Å². The van der Waals surface area contributed by atoms with Crippen LogP contribution >= 0.6 is 0 Å². The highest BCUT2D eigenvalue weighted by Gasteiger charge is 2.26. The summed E-state index contributed by atoms with van der Waals surface area (Å²) in [7, 11) is 0. The minimum Gasteiger partial charge on any atom is -0.390 e. The van der Waals surface area contributed by atoms with Crippen molar-refractivity contribution >= 4 is 0 Å². The standard InChI is InChI=1S/C17H33N3O2/c21-17(14-19-8-10-22-11-9-19)15-20-7-4-16(13-20)12-18-5-2-1-3-6-18/h16-17,21H,1-15H2. The quantitative estimate of drug-likeness (QED) is 0.773. The fourth-order valence-electron chi connectivity index (χ4n) is 4.17. The normalized spacial score (nSPS) is 30.7. The number of rotatable bonds is 6. The zero-order valence-corrected chi connectivity index (χ0v) is 14.0. The number of ether oxygens (including phenoxy) is 1. The van der Waals surface area contributed by atoms with E-state index in [1.54, 1.807) is 0 Å². The molecule has 0 aromatic rings. The van der Waals surface area contributed by atoms with Gasteiger partial charge in [-0.3, -0.25) is 4.90 Å². The fraction of sp³-hybridized carbons (Fsp3) is 1.00. The Morgan fingerprint density at radius 1 is 0.864 bits per heavy atom. The molecule has 128 valence electrons. The van der Waals surface area contributed by atoms with E-state index in [2.05, 4.69) is 14.7 Å². The molecule has 2 unspecified atom stereocenters. The minimum atomic E-state index is -0.216. The number of nitrogens with zero attached hydrogens (tertiary/aromatic N) is 3. The second-order valence-corrected chi connectivity index (χ2v) is 7.34. The average molecular weight is 311 g/mol. The number of piperidine rings is 1. The molecule has 0 spiro atoms. The highest BCUT2D eigenvalue weighted by molar-refractivity contribution is 4.81. The van der Waals surface area contributed by atoms with Crippen molar-refractivity contribution in [3.8, 4) is 0 Å². The third-order valence-electron chi connectivity index (χ3n) is 5.38. The van der Waals surface area contributed by atoms with Crippen LogP contribution in [0.3, 0.4) is 0 Å². The molecule has 3 rings (SSSR count). The van der Waals surface area contributed by atoms with Crippen LogP contribution in [-0.2, 0) is 4.74 Å². The van der Waals surface area contributed by atoms with E-state index < -0.39 is 0 Å². The molecule has 5 heteroatoms. The van der Waals surface area contributed by atoms with Gasteiger partial charge < -0.3 is 19.6 Å². The van der Waals surface area contributed by atoms with E-state index in [4.69, 9.17) is 4.74 Å². The van der Waals surface area contributed by atoms with E-state index in [1.807, 2.05) is 0 Å². The first-order chi connectivity index (χ1) is 10.8. The zero-order chi connectivity index (χ0) is 15.2. The van der Waals surface area contributed by atoms with Crippen molar-refractivity contribution in [3.63, 3.8) is 0 Å². The number of aliphatic hydroxyl groups excluding tert-OH is 1. The van der Waals surface area contributed by atoms with Gasteiger partial charge >= 0.3 is 0 Å². The Kier molecular flexibility index (Phi) is 6.51. The monoisotopic (exact) mass is 311 g/mol. The predicted octanol–water partition coefficient (Wildman–Crippen LogP) is 0.487. The summed E-state index contributed by atoms with van der Waals surface area (Å²) in [4.78, 5) is 7.46. The Morgan fingerprint density at radius 2 is 1.59 bits per heavy atom. The first kappa shape index (κ1) is 16.7. The van der Waals surface area contributed by atoms with Crippen LogP contribution in [0.2, 0.25) is 0 Å². The molecule has 2 atom stereocenters. The van der Waals surface area contributed by atoms with Gasteiger partial charge in [-0.1, -0.05) is 6.42 Å². The van der Waals surface area contributed by atoms with E-state index in [0.29, 0.717) is 0 Å². The van der Waals surface area contributed by atoms with Crippen LogP contribution in [0.25, 0.3) is 0 Å². The minimum absolute atomic E-state index is 0.216. The van der Waals surface area contributed by atoms with E-state index in [0.717, 1.165) is 45.3 Å². The van der Waals surface area contributed by atoms with Gasteiger partial charge in [0.25, 0.3) is 0 Å². The largest absolute Gasteiger partial charge is 0.390 e. The number of likely N-dealkylation sites (tertiary alicyclic amines) is 2. The summed E-state index contributed by atoms with van der Waals surface area (Å²) in [6.07, 6.45) is 5.28. The summed E-state index contributed by atoms with van der Waals surface area (Å²) in [5.74, 6) is 0.814. The number of morpholine rings is 1. The van der Waals surface area contributed by atoms with Crippen LogP contribution in [0, 0.1) is 5.92 Å². The Morgan fingerprint density at radius 3 is 2.36 bits per heavy atom. The molecule has 3 heterocycles. The van der Waals surface area contributed by atoms with Gasteiger partial charge in [-0.25, -0.2) is 0 Å². The van der Waals surface area contributed by atoms with Gasteiger partial charge in [0, 0.05) is 39.3 Å². The summed E-state index contributed by atoms with van der Waals surface area (Å²) < 4.78 is 5.36. The van der Waals surface area contributed by atoms with Gasteiger partial charge in [-0.15, -0.1) is 0 Å². The van der Waals surface area contributed by atoms with Crippen molar-refractivity contribution in [1.29, 1.82) is 0 Å². The SMILES string of the molecule is OC(CN1CCOCC1)CN1CCC(CN2CCCCC2)C1. The average Bonchev–Trinajstić information content (AvgIpc) is 2.96. The van der Waals surface area contributed by atoms with Crippen molar-refractivity contribution < 1.29 is 9.84 Å². The Balaban J connectivity index is 1.33. The van der Waals surface area contributed by atoms with Crippen LogP contribution in [0.1, 0.15) is 25.7 Å². The van der Waals surface area contributed by atoms with Gasteiger partial charge in [0.15, 0.2) is 0 Å². The number of hydrogen-bond acceptors (Lipinski definition) is 5. The maximum absolute atomic E-state index is 10.3. The summed E-state index contributed by atoms with van der Waals surface area (Å²) in [5.41, 5.74) is 0. The van der Waals surface area contributed by atoms with Crippen LogP contribution in [-0.4, -0.2) is 98.0 Å². The molecule has 0 radical (unpaired) electrons. The lowest BCUT2D eigenvalue weighted by atomic mass is 10.1. The van der Waals surface area contributed by atoms with Crippen molar-refractivity contribution in [3.05, 3.63) is 0 Å². The van der Waals surface area contributed by atoms with Crippen LogP contribution in [0.5, 0.6) is 0 Å². The van der Waals surface area contributed by atoms with Crippen LogP contribution in [0.4, 0.5) is 0 Å². The second-order valence-electron chi connectivity index (χ2n) is 7.34. The van der Waals surface area contributed by atoms with Crippen molar-refractivity contribution in [2.75, 3.05) is 72.1 Å². The molecule has 0 bridgehead atoms. The molecule has 0 saturated carbocycles. The topological polar surface area (TPSA) is 39.2 Å². The van der Waals surface area contributed by atoms with E-state index in [-0.39, 0.29) is 6.10 Å². The first-order valence-corrected chi connectivity index (χ1v) is 9.22. The number of β-amino-alcohol motifs (C(OH)–C–C–N with tert-alkyl or cyclic N) is 1. The molecule has 0 amide bonds. The Bertz CT molecular complexity index is 317. The highest BCUT2D eigenvalue weighted by atomic mass is 16.5. The maximum atomic E-state index is 10.3. The summed E-state index contributed by atoms with van der Waals surface area (Å²) >= 11 is 0. The molecular formula is C17H33N3O2. The molecular weight excluding hydrogens is 278 g/mol. The molecule has 3 aliphatic rings. The van der Waals surface area contributed by atoms with Crippen molar-refractivity contribution in [1.82, 2.24) is 14.7 Å². The predicted molar refractivity (Wildman–Crippen MR) is 88.1 cm³/mol.